The van der Waals surface area contributed by atoms with Crippen molar-refractivity contribution in [3.63, 3.8) is 0 Å². The fourth-order valence-electron chi connectivity index (χ4n) is 8.94. The van der Waals surface area contributed by atoms with Gasteiger partial charge in [-0.3, -0.25) is 0 Å². The van der Waals surface area contributed by atoms with Crippen molar-refractivity contribution >= 4 is 51.1 Å². The average molecular weight is 614 g/mol. The van der Waals surface area contributed by atoms with Crippen molar-refractivity contribution in [2.24, 2.45) is 0 Å². The van der Waals surface area contributed by atoms with Gasteiger partial charge in [0.25, 0.3) is 12.7 Å². The molecule has 4 heteroatoms. The van der Waals surface area contributed by atoms with Crippen LogP contribution < -0.4 is 26.0 Å². The zero-order valence-corrected chi connectivity index (χ0v) is 28.4. The Labute approximate surface area is 278 Å². The van der Waals surface area contributed by atoms with Gasteiger partial charge in [-0.2, -0.15) is 0 Å². The minimum Gasteiger partial charge on any atom is -0.427 e. The van der Waals surface area contributed by atoms with Crippen molar-refractivity contribution in [2.45, 2.75) is 71.1 Å². The maximum Gasteiger partial charge on any atom is 0.285 e. The Balaban J connectivity index is 1.37. The van der Waals surface area contributed by atoms with Gasteiger partial charge in [0.2, 0.25) is 0 Å². The van der Waals surface area contributed by atoms with Crippen LogP contribution in [0.25, 0.3) is 22.1 Å². The van der Waals surface area contributed by atoms with Gasteiger partial charge in [0, 0.05) is 27.8 Å². The Morgan fingerprint density at radius 3 is 2.15 bits per heavy atom. The largest absolute Gasteiger partial charge is 0.427 e. The number of ether oxygens (including phenoxy) is 1. The summed E-state index contributed by atoms with van der Waals surface area (Å²) in [6.45, 7) is 16.4. The van der Waals surface area contributed by atoms with Crippen LogP contribution in [0, 0.1) is 0 Å². The predicted molar refractivity (Wildman–Crippen MR) is 197 cm³/mol. The van der Waals surface area contributed by atoms with Crippen molar-refractivity contribution in [3.05, 3.63) is 120 Å². The number of nitrogens with zero attached hydrogens (tertiary/aromatic N) is 1. The highest BCUT2D eigenvalue weighted by atomic mass is 16.6. The number of furan rings is 1. The minimum absolute atomic E-state index is 0.0154. The predicted octanol–water partition coefficient (Wildman–Crippen LogP) is 9.76. The second kappa shape index (κ2) is 9.44. The monoisotopic (exact) mass is 613 g/mol. The van der Waals surface area contributed by atoms with Gasteiger partial charge in [-0.25, -0.2) is 0 Å². The van der Waals surface area contributed by atoms with E-state index in [0.29, 0.717) is 5.95 Å². The van der Waals surface area contributed by atoms with Crippen molar-refractivity contribution in [1.82, 2.24) is 0 Å². The minimum atomic E-state index is -0.0216. The fraction of sp³-hybridized carbons (Fsp3) is 0.256. The van der Waals surface area contributed by atoms with E-state index >= 15 is 0 Å². The summed E-state index contributed by atoms with van der Waals surface area (Å²) < 4.78 is 13.3. The molecule has 232 valence electrons. The molecule has 0 radical (unpaired) electrons. The lowest BCUT2D eigenvalue weighted by Crippen LogP contribution is -2.59. The van der Waals surface area contributed by atoms with Crippen LogP contribution in [0.2, 0.25) is 0 Å². The molecule has 5 aromatic carbocycles. The van der Waals surface area contributed by atoms with E-state index in [9.17, 15) is 0 Å². The highest BCUT2D eigenvalue weighted by Crippen LogP contribution is 2.52. The molecule has 47 heavy (non-hydrogen) atoms. The molecule has 0 bridgehead atoms. The van der Waals surface area contributed by atoms with E-state index in [1.807, 2.05) is 0 Å². The Morgan fingerprint density at radius 1 is 0.681 bits per heavy atom. The maximum absolute atomic E-state index is 6.72. The summed E-state index contributed by atoms with van der Waals surface area (Å²) in [5, 5.41) is 1.13. The molecule has 0 amide bonds. The van der Waals surface area contributed by atoms with Gasteiger partial charge >= 0.3 is 0 Å². The molecule has 3 aliphatic rings. The van der Waals surface area contributed by atoms with Gasteiger partial charge in [0.05, 0.1) is 5.69 Å². The molecule has 0 atom stereocenters. The fourth-order valence-corrected chi connectivity index (χ4v) is 8.94. The standard InChI is InChI=1S/C43H40BNO2/c1-41(2,3)27-20-21-29-37(22-27)47-40-38(29)44-32-23-30-31(43(6,7)25-42(30,4)5)24-35(32)45(34-18-13-19-36(46-40)39(34)44)33-17-12-11-16-28(33)26-14-9-8-10-15-26/h8-24H,25H2,1-7H3. The first-order chi connectivity index (χ1) is 22.4. The number of para-hydroxylation sites is 1. The third-order valence-corrected chi connectivity index (χ3v) is 10.9. The first-order valence-corrected chi connectivity index (χ1v) is 16.9. The number of anilines is 3. The molecule has 6 aromatic rings. The van der Waals surface area contributed by atoms with Gasteiger partial charge in [-0.05, 0) is 86.2 Å². The van der Waals surface area contributed by atoms with E-state index in [4.69, 9.17) is 9.15 Å². The second-order valence-electron chi connectivity index (χ2n) is 16.1. The summed E-state index contributed by atoms with van der Waals surface area (Å²) in [5.74, 6) is 1.48. The van der Waals surface area contributed by atoms with Crippen LogP contribution in [-0.2, 0) is 16.2 Å². The molecule has 3 nitrogen and oxygen atoms in total. The molecule has 0 unspecified atom stereocenters. The Kier molecular flexibility index (Phi) is 5.73. The molecule has 0 saturated carbocycles. The van der Waals surface area contributed by atoms with Crippen LogP contribution in [-0.4, -0.2) is 6.71 Å². The van der Waals surface area contributed by atoms with Gasteiger partial charge in [-0.15, -0.1) is 0 Å². The molecule has 0 saturated heterocycles. The molecule has 1 aromatic heterocycles. The summed E-state index contributed by atoms with van der Waals surface area (Å²) >= 11 is 0. The van der Waals surface area contributed by atoms with Crippen molar-refractivity contribution in [1.29, 1.82) is 0 Å². The molecular weight excluding hydrogens is 573 g/mol. The number of fused-ring (bicyclic) bond motifs is 7. The van der Waals surface area contributed by atoms with Crippen LogP contribution in [0.4, 0.5) is 17.1 Å². The molecule has 9 rings (SSSR count). The quantitative estimate of drug-likeness (QED) is 0.182. The van der Waals surface area contributed by atoms with Gasteiger partial charge < -0.3 is 14.1 Å². The maximum atomic E-state index is 6.72. The van der Waals surface area contributed by atoms with E-state index in [2.05, 4.69) is 156 Å². The molecular formula is C43H40BNO2. The summed E-state index contributed by atoms with van der Waals surface area (Å²) in [7, 11) is 0. The number of benzene rings is 5. The van der Waals surface area contributed by atoms with E-state index < -0.39 is 0 Å². The molecule has 0 N–H and O–H groups in total. The van der Waals surface area contributed by atoms with Crippen molar-refractivity contribution < 1.29 is 9.15 Å². The highest BCUT2D eigenvalue weighted by Gasteiger charge is 2.48. The Hall–Kier alpha value is -4.70. The van der Waals surface area contributed by atoms with Gasteiger partial charge in [0.1, 0.15) is 11.3 Å². The van der Waals surface area contributed by atoms with Crippen LogP contribution in [0.3, 0.4) is 0 Å². The molecule has 0 fully saturated rings. The first kappa shape index (κ1) is 28.5. The van der Waals surface area contributed by atoms with Crippen molar-refractivity contribution in [2.75, 3.05) is 4.90 Å². The van der Waals surface area contributed by atoms with E-state index in [1.54, 1.807) is 0 Å². The molecule has 0 spiro atoms. The van der Waals surface area contributed by atoms with E-state index in [0.717, 1.165) is 34.3 Å². The van der Waals surface area contributed by atoms with Crippen LogP contribution in [0.15, 0.2) is 108 Å². The average Bonchev–Trinajstić information content (AvgIpc) is 3.49. The van der Waals surface area contributed by atoms with Gasteiger partial charge in [0.15, 0.2) is 0 Å². The van der Waals surface area contributed by atoms with Crippen LogP contribution in [0.5, 0.6) is 11.7 Å². The summed E-state index contributed by atoms with van der Waals surface area (Å²) in [4.78, 5) is 2.50. The van der Waals surface area contributed by atoms with E-state index in [-0.39, 0.29) is 23.0 Å². The smallest absolute Gasteiger partial charge is 0.285 e. The first-order valence-electron chi connectivity index (χ1n) is 16.9. The third kappa shape index (κ3) is 4.06. The van der Waals surface area contributed by atoms with E-state index in [1.165, 1.54) is 50.1 Å². The zero-order chi connectivity index (χ0) is 32.5. The topological polar surface area (TPSA) is 25.6 Å². The molecule has 3 heterocycles. The summed E-state index contributed by atoms with van der Waals surface area (Å²) in [6.07, 6.45) is 1.11. The second-order valence-corrected chi connectivity index (χ2v) is 16.1. The normalized spacial score (nSPS) is 16.7. The molecule has 2 aliphatic heterocycles. The lowest BCUT2D eigenvalue weighted by molar-refractivity contribution is 0.364. The summed E-state index contributed by atoms with van der Waals surface area (Å²) in [6, 6.07) is 37.9. The Morgan fingerprint density at radius 2 is 1.38 bits per heavy atom. The number of hydrogen-bond donors (Lipinski definition) is 0. The molecule has 1 aliphatic carbocycles. The summed E-state index contributed by atoms with van der Waals surface area (Å²) in [5.41, 5.74) is 14.8. The number of rotatable bonds is 2. The number of hydrogen-bond acceptors (Lipinski definition) is 3. The van der Waals surface area contributed by atoms with Crippen LogP contribution in [0.1, 0.15) is 71.6 Å². The zero-order valence-electron chi connectivity index (χ0n) is 28.4. The van der Waals surface area contributed by atoms with Crippen LogP contribution >= 0.6 is 0 Å². The lowest BCUT2D eigenvalue weighted by atomic mass is 9.34. The third-order valence-electron chi connectivity index (χ3n) is 10.9. The van der Waals surface area contributed by atoms with Crippen molar-refractivity contribution in [3.8, 4) is 22.8 Å². The lowest BCUT2D eigenvalue weighted by Gasteiger charge is -2.40. The SMILES string of the molecule is CC(C)(C)c1ccc2c3c(oc2c1)Oc1cccc2c1B3c1cc3c(cc1N2c1ccccc1-c1ccccc1)C(C)(C)CC3(C)C. The highest BCUT2D eigenvalue weighted by molar-refractivity contribution is 7.00. The van der Waals surface area contributed by atoms with Gasteiger partial charge in [-0.1, -0.05) is 121 Å². The Bertz CT molecular complexity index is 2250.